The number of nitrogens with one attached hydrogen (secondary N) is 1. The van der Waals surface area contributed by atoms with Gasteiger partial charge in [0.05, 0.1) is 27.0 Å². The Morgan fingerprint density at radius 3 is 2.41 bits per heavy atom. The first-order valence-electron chi connectivity index (χ1n) is 11.4. The predicted molar refractivity (Wildman–Crippen MR) is 141 cm³/mol. The molecule has 12 heteroatoms. The topological polar surface area (TPSA) is 122 Å². The molecule has 4 aromatic heterocycles. The van der Waals surface area contributed by atoms with Gasteiger partial charge in [0.1, 0.15) is 29.2 Å². The first-order chi connectivity index (χ1) is 18.2. The molecular weight excluding hydrogens is 492 g/mol. The molecule has 188 valence electrons. The van der Waals surface area contributed by atoms with Crippen LogP contribution in [0.2, 0.25) is 0 Å². The standard InChI is InChI=1S/C25H24N8O3S/c1-4-36-21-10-5-7-17(29-21)24-31-23-25(33(24)22-18(34-2)8-6-9-19(22)35-3)30-20(13-28-23)32-37-14-16-11-26-15-27-12-16/h5-13,15H,4,14H2,1-3H3,(H,30,32). The molecule has 0 aliphatic heterocycles. The fraction of sp³-hybridized carbons (Fsp3) is 0.200. The third-order valence-corrected chi connectivity index (χ3v) is 6.10. The lowest BCUT2D eigenvalue weighted by atomic mass is 10.2. The molecule has 0 amide bonds. The molecule has 0 spiro atoms. The van der Waals surface area contributed by atoms with Gasteiger partial charge < -0.3 is 18.9 Å². The molecule has 0 saturated carbocycles. The van der Waals surface area contributed by atoms with Gasteiger partial charge in [0.15, 0.2) is 22.9 Å². The van der Waals surface area contributed by atoms with E-state index in [1.165, 1.54) is 18.3 Å². The largest absolute Gasteiger partial charge is 0.494 e. The molecule has 11 nitrogen and oxygen atoms in total. The number of para-hydroxylation sites is 1. The van der Waals surface area contributed by atoms with Crippen LogP contribution in [0.1, 0.15) is 12.5 Å². The van der Waals surface area contributed by atoms with E-state index in [2.05, 4.69) is 24.7 Å². The normalized spacial score (nSPS) is 10.9. The summed E-state index contributed by atoms with van der Waals surface area (Å²) in [7, 11) is 3.21. The minimum atomic E-state index is 0.443. The van der Waals surface area contributed by atoms with E-state index in [1.807, 2.05) is 41.8 Å². The first-order valence-corrected chi connectivity index (χ1v) is 12.4. The van der Waals surface area contributed by atoms with Crippen molar-refractivity contribution in [3.05, 3.63) is 66.9 Å². The van der Waals surface area contributed by atoms with Crippen molar-refractivity contribution < 1.29 is 14.2 Å². The SMILES string of the molecule is CCOc1cccc(-c2nc3ncc(NSCc4cncnc4)nc3n2-c2c(OC)cccc2OC)n1. The molecule has 0 radical (unpaired) electrons. The summed E-state index contributed by atoms with van der Waals surface area (Å²) in [5.41, 5.74) is 3.16. The van der Waals surface area contributed by atoms with Crippen LogP contribution in [-0.2, 0) is 5.75 Å². The van der Waals surface area contributed by atoms with Crippen LogP contribution < -0.4 is 18.9 Å². The highest BCUT2D eigenvalue weighted by Crippen LogP contribution is 2.38. The van der Waals surface area contributed by atoms with Crippen LogP contribution in [0.4, 0.5) is 5.82 Å². The predicted octanol–water partition coefficient (Wildman–Crippen LogP) is 4.34. The number of hydrogen-bond acceptors (Lipinski definition) is 11. The van der Waals surface area contributed by atoms with E-state index in [0.717, 1.165) is 5.56 Å². The Kier molecular flexibility index (Phi) is 7.26. The molecule has 0 atom stereocenters. The summed E-state index contributed by atoms with van der Waals surface area (Å²) >= 11 is 1.46. The number of benzene rings is 1. The highest BCUT2D eigenvalue weighted by atomic mass is 32.2. The Balaban J connectivity index is 1.63. The van der Waals surface area contributed by atoms with Crippen molar-refractivity contribution in [3.8, 4) is 34.6 Å². The highest BCUT2D eigenvalue weighted by Gasteiger charge is 2.24. The lowest BCUT2D eigenvalue weighted by molar-refractivity contribution is 0.327. The van der Waals surface area contributed by atoms with Crippen molar-refractivity contribution in [2.45, 2.75) is 12.7 Å². The fourth-order valence-electron chi connectivity index (χ4n) is 3.70. The highest BCUT2D eigenvalue weighted by molar-refractivity contribution is 7.99. The van der Waals surface area contributed by atoms with Crippen molar-refractivity contribution in [3.63, 3.8) is 0 Å². The number of hydrogen-bond donors (Lipinski definition) is 1. The Labute approximate surface area is 217 Å². The third-order valence-electron chi connectivity index (χ3n) is 5.27. The van der Waals surface area contributed by atoms with E-state index in [1.54, 1.807) is 38.9 Å². The second-order valence-corrected chi connectivity index (χ2v) is 8.40. The number of imidazole rings is 1. The molecule has 0 saturated heterocycles. The summed E-state index contributed by atoms with van der Waals surface area (Å²) in [6.45, 7) is 2.41. The van der Waals surface area contributed by atoms with Crippen LogP contribution in [0.15, 0.2) is 61.3 Å². The summed E-state index contributed by atoms with van der Waals surface area (Å²) in [5.74, 6) is 3.39. The molecule has 0 aliphatic carbocycles. The van der Waals surface area contributed by atoms with Gasteiger partial charge in [-0.05, 0) is 37.1 Å². The molecule has 5 aromatic rings. The summed E-state index contributed by atoms with van der Waals surface area (Å²) in [6, 6.07) is 11.1. The zero-order valence-corrected chi connectivity index (χ0v) is 21.3. The molecule has 1 aromatic carbocycles. The summed E-state index contributed by atoms with van der Waals surface area (Å²) in [4.78, 5) is 27.0. The van der Waals surface area contributed by atoms with Gasteiger partial charge in [-0.15, -0.1) is 0 Å². The number of methoxy groups -OCH3 is 2. The number of pyridine rings is 1. The van der Waals surface area contributed by atoms with E-state index in [-0.39, 0.29) is 0 Å². The Morgan fingerprint density at radius 1 is 0.919 bits per heavy atom. The number of anilines is 1. The summed E-state index contributed by atoms with van der Waals surface area (Å²) in [5, 5.41) is 0. The van der Waals surface area contributed by atoms with Crippen molar-refractivity contribution in [1.29, 1.82) is 0 Å². The van der Waals surface area contributed by atoms with Crippen LogP contribution in [0.5, 0.6) is 17.4 Å². The van der Waals surface area contributed by atoms with E-state index in [0.29, 0.717) is 64.1 Å². The number of fused-ring (bicyclic) bond motifs is 1. The first kappa shape index (κ1) is 24.3. The molecule has 37 heavy (non-hydrogen) atoms. The van der Waals surface area contributed by atoms with E-state index in [9.17, 15) is 0 Å². The minimum Gasteiger partial charge on any atom is -0.494 e. The average Bonchev–Trinajstić information content (AvgIpc) is 3.32. The van der Waals surface area contributed by atoms with E-state index >= 15 is 0 Å². The maximum atomic E-state index is 5.70. The van der Waals surface area contributed by atoms with Crippen molar-refractivity contribution in [1.82, 2.24) is 34.5 Å². The molecule has 1 N–H and O–H groups in total. The van der Waals surface area contributed by atoms with E-state index in [4.69, 9.17) is 24.2 Å². The van der Waals surface area contributed by atoms with Crippen molar-refractivity contribution in [2.75, 3.05) is 25.5 Å². The second-order valence-electron chi connectivity index (χ2n) is 7.62. The minimum absolute atomic E-state index is 0.443. The van der Waals surface area contributed by atoms with Crippen LogP contribution in [0.25, 0.3) is 28.5 Å². The van der Waals surface area contributed by atoms with Crippen LogP contribution >= 0.6 is 11.9 Å². The average molecular weight is 517 g/mol. The smallest absolute Gasteiger partial charge is 0.213 e. The zero-order chi connectivity index (χ0) is 25.6. The Morgan fingerprint density at radius 2 is 1.68 bits per heavy atom. The number of rotatable bonds is 10. The van der Waals surface area contributed by atoms with Gasteiger partial charge in [-0.2, -0.15) is 0 Å². The van der Waals surface area contributed by atoms with Gasteiger partial charge in [0.2, 0.25) is 5.88 Å². The fourth-order valence-corrected chi connectivity index (χ4v) is 4.34. The third kappa shape index (κ3) is 5.09. The summed E-state index contributed by atoms with van der Waals surface area (Å²) < 4.78 is 22.1. The van der Waals surface area contributed by atoms with Crippen LogP contribution in [-0.4, -0.2) is 55.3 Å². The van der Waals surface area contributed by atoms with Gasteiger partial charge in [0.25, 0.3) is 0 Å². The lowest BCUT2D eigenvalue weighted by Gasteiger charge is -2.16. The molecule has 5 rings (SSSR count). The monoisotopic (exact) mass is 516 g/mol. The van der Waals surface area contributed by atoms with Crippen LogP contribution in [0.3, 0.4) is 0 Å². The Hall–Kier alpha value is -4.45. The van der Waals surface area contributed by atoms with Gasteiger partial charge in [-0.25, -0.2) is 29.9 Å². The molecular formula is C25H24N8O3S. The van der Waals surface area contributed by atoms with E-state index < -0.39 is 0 Å². The Bertz CT molecular complexity index is 1490. The molecule has 4 heterocycles. The molecule has 0 bridgehead atoms. The van der Waals surface area contributed by atoms with Gasteiger partial charge >= 0.3 is 0 Å². The van der Waals surface area contributed by atoms with Gasteiger partial charge in [0, 0.05) is 29.8 Å². The van der Waals surface area contributed by atoms with Crippen molar-refractivity contribution >= 4 is 29.1 Å². The molecule has 0 unspecified atom stereocenters. The number of aromatic nitrogens is 7. The maximum absolute atomic E-state index is 5.70. The van der Waals surface area contributed by atoms with Crippen molar-refractivity contribution in [2.24, 2.45) is 0 Å². The summed E-state index contributed by atoms with van der Waals surface area (Å²) in [6.07, 6.45) is 6.69. The maximum Gasteiger partial charge on any atom is 0.213 e. The second kappa shape index (κ2) is 11.1. The number of nitrogens with zero attached hydrogens (tertiary/aromatic N) is 7. The van der Waals surface area contributed by atoms with Crippen LogP contribution in [0, 0.1) is 0 Å². The zero-order valence-electron chi connectivity index (χ0n) is 20.5. The lowest BCUT2D eigenvalue weighted by Crippen LogP contribution is -2.06. The quantitative estimate of drug-likeness (QED) is 0.267. The molecule has 0 aliphatic rings. The molecule has 0 fully saturated rings. The number of ether oxygens (including phenoxy) is 3. The van der Waals surface area contributed by atoms with Gasteiger partial charge in [-0.1, -0.05) is 12.1 Å². The van der Waals surface area contributed by atoms with Gasteiger partial charge in [-0.3, -0.25) is 4.57 Å².